The van der Waals surface area contributed by atoms with E-state index in [1.807, 2.05) is 0 Å². The van der Waals surface area contributed by atoms with E-state index < -0.39 is 0 Å². The highest BCUT2D eigenvalue weighted by Gasteiger charge is 2.01. The molecular weight excluding hydrogens is 104 g/mol. The first-order valence-corrected chi connectivity index (χ1v) is 2.52. The molecule has 0 fully saturated rings. The van der Waals surface area contributed by atoms with E-state index in [0.717, 1.165) is 0 Å². The van der Waals surface area contributed by atoms with Gasteiger partial charge >= 0.3 is 0 Å². The molecule has 0 spiro atoms. The van der Waals surface area contributed by atoms with Gasteiger partial charge in [0.05, 0.1) is 6.04 Å². The second kappa shape index (κ2) is 3.46. The lowest BCUT2D eigenvalue weighted by atomic mass is 10.2. The van der Waals surface area contributed by atoms with E-state index >= 15 is 0 Å². The highest BCUT2D eigenvalue weighted by atomic mass is 16.3. The lowest BCUT2D eigenvalue weighted by Gasteiger charge is -2.05. The summed E-state index contributed by atoms with van der Waals surface area (Å²) in [5.74, 6) is 0.00968. The number of hydrogen-bond donors (Lipinski definition) is 3. The van der Waals surface area contributed by atoms with E-state index in [-0.39, 0.29) is 11.8 Å². The van der Waals surface area contributed by atoms with Crippen LogP contribution in [0.1, 0.15) is 6.42 Å². The van der Waals surface area contributed by atoms with Crippen LogP contribution in [0.3, 0.4) is 0 Å². The molecule has 0 bridgehead atoms. The van der Waals surface area contributed by atoms with E-state index in [4.69, 9.17) is 16.6 Å². The van der Waals surface area contributed by atoms with Gasteiger partial charge in [-0.1, -0.05) is 6.58 Å². The summed E-state index contributed by atoms with van der Waals surface area (Å²) in [4.78, 5) is 0. The molecule has 0 aliphatic carbocycles. The van der Waals surface area contributed by atoms with Gasteiger partial charge in [-0.05, 0) is 13.0 Å². The van der Waals surface area contributed by atoms with Gasteiger partial charge in [0.25, 0.3) is 0 Å². The zero-order chi connectivity index (χ0) is 6.57. The molecule has 5 N–H and O–H groups in total. The Bertz CT molecular complexity index is 82.5. The van der Waals surface area contributed by atoms with Crippen molar-refractivity contribution in [3.63, 3.8) is 0 Å². The maximum Gasteiger partial charge on any atom is 0.102 e. The Morgan fingerprint density at radius 1 is 1.75 bits per heavy atom. The third-order valence-electron chi connectivity index (χ3n) is 0.906. The molecule has 1 atom stereocenters. The van der Waals surface area contributed by atoms with Crippen molar-refractivity contribution in [3.8, 4) is 0 Å². The zero-order valence-corrected chi connectivity index (χ0v) is 4.80. The highest BCUT2D eigenvalue weighted by Crippen LogP contribution is 1.93. The van der Waals surface area contributed by atoms with Crippen molar-refractivity contribution in [3.05, 3.63) is 12.3 Å². The molecule has 0 saturated carbocycles. The molecule has 0 heterocycles. The molecule has 8 heavy (non-hydrogen) atoms. The van der Waals surface area contributed by atoms with Gasteiger partial charge in [-0.3, -0.25) is 0 Å². The van der Waals surface area contributed by atoms with Gasteiger partial charge in [0.2, 0.25) is 0 Å². The Balaban J connectivity index is 3.32. The summed E-state index contributed by atoms with van der Waals surface area (Å²) in [6.07, 6.45) is 0.593. The molecule has 0 rings (SSSR count). The lowest BCUT2D eigenvalue weighted by molar-refractivity contribution is 0.363. The number of aliphatic hydroxyl groups excluding tert-OH is 1. The van der Waals surface area contributed by atoms with Crippen LogP contribution < -0.4 is 11.5 Å². The number of rotatable bonds is 3. The summed E-state index contributed by atoms with van der Waals surface area (Å²) >= 11 is 0. The fourth-order valence-electron chi connectivity index (χ4n) is 0.346. The fraction of sp³-hybridized carbons (Fsp3) is 0.600. The predicted molar refractivity (Wildman–Crippen MR) is 33.4 cm³/mol. The third-order valence-corrected chi connectivity index (χ3v) is 0.906. The minimum absolute atomic E-state index is 0.00968. The van der Waals surface area contributed by atoms with Crippen LogP contribution in [0.2, 0.25) is 0 Å². The molecule has 0 aromatic rings. The summed E-state index contributed by atoms with van der Waals surface area (Å²) in [7, 11) is 0. The molecule has 1 unspecified atom stereocenters. The summed E-state index contributed by atoms with van der Waals surface area (Å²) in [6.45, 7) is 3.74. The van der Waals surface area contributed by atoms with Crippen molar-refractivity contribution < 1.29 is 5.11 Å². The number of nitrogens with two attached hydrogens (primary N) is 2. The molecule has 0 aromatic heterocycles. The van der Waals surface area contributed by atoms with Crippen LogP contribution in [0.25, 0.3) is 0 Å². The molecule has 48 valence electrons. The second-order valence-electron chi connectivity index (χ2n) is 1.68. The lowest BCUT2D eigenvalue weighted by Crippen LogP contribution is -2.25. The van der Waals surface area contributed by atoms with Gasteiger partial charge in [0.1, 0.15) is 5.76 Å². The van der Waals surface area contributed by atoms with Crippen molar-refractivity contribution >= 4 is 0 Å². The second-order valence-corrected chi connectivity index (χ2v) is 1.68. The first-order chi connectivity index (χ1) is 3.68. The van der Waals surface area contributed by atoms with Crippen molar-refractivity contribution in [1.29, 1.82) is 0 Å². The van der Waals surface area contributed by atoms with Crippen molar-refractivity contribution in [2.75, 3.05) is 6.54 Å². The Morgan fingerprint density at radius 2 is 2.25 bits per heavy atom. The molecule has 0 radical (unpaired) electrons. The Kier molecular flexibility index (Phi) is 3.23. The van der Waals surface area contributed by atoms with Gasteiger partial charge in [0, 0.05) is 0 Å². The average Bonchev–Trinajstić information content (AvgIpc) is 1.67. The van der Waals surface area contributed by atoms with Crippen molar-refractivity contribution in [1.82, 2.24) is 0 Å². The number of hydrogen-bond acceptors (Lipinski definition) is 3. The van der Waals surface area contributed by atoms with Gasteiger partial charge in [-0.15, -0.1) is 0 Å². The molecule has 0 aliphatic rings. The van der Waals surface area contributed by atoms with E-state index in [1.165, 1.54) is 0 Å². The SMILES string of the molecule is C=C(O)C(N)CCN. The maximum atomic E-state index is 8.58. The Hall–Kier alpha value is -0.540. The molecule has 3 heteroatoms. The molecule has 0 aromatic carbocycles. The van der Waals surface area contributed by atoms with Crippen LogP contribution in [0, 0.1) is 0 Å². The van der Waals surface area contributed by atoms with Crippen LogP contribution in [0.5, 0.6) is 0 Å². The first kappa shape index (κ1) is 7.46. The number of aliphatic hydroxyl groups is 1. The minimum atomic E-state index is -0.347. The molecule has 0 amide bonds. The van der Waals surface area contributed by atoms with Crippen molar-refractivity contribution in [2.24, 2.45) is 11.5 Å². The maximum absolute atomic E-state index is 8.58. The minimum Gasteiger partial charge on any atom is -0.511 e. The van der Waals surface area contributed by atoms with Crippen LogP contribution in [-0.4, -0.2) is 17.7 Å². The van der Waals surface area contributed by atoms with Crippen LogP contribution in [0.4, 0.5) is 0 Å². The quantitative estimate of drug-likeness (QED) is 0.444. The van der Waals surface area contributed by atoms with Gasteiger partial charge < -0.3 is 16.6 Å². The summed E-state index contributed by atoms with van der Waals surface area (Å²) in [5, 5.41) is 8.58. The Labute approximate surface area is 49.0 Å². The van der Waals surface area contributed by atoms with E-state index in [0.29, 0.717) is 13.0 Å². The third kappa shape index (κ3) is 2.60. The first-order valence-electron chi connectivity index (χ1n) is 2.52. The zero-order valence-electron chi connectivity index (χ0n) is 4.80. The van der Waals surface area contributed by atoms with Gasteiger partial charge in [0.15, 0.2) is 0 Å². The fourth-order valence-corrected chi connectivity index (χ4v) is 0.346. The Morgan fingerprint density at radius 3 is 2.38 bits per heavy atom. The summed E-state index contributed by atoms with van der Waals surface area (Å²) in [6, 6.07) is -0.347. The summed E-state index contributed by atoms with van der Waals surface area (Å²) < 4.78 is 0. The van der Waals surface area contributed by atoms with Crippen LogP contribution >= 0.6 is 0 Å². The van der Waals surface area contributed by atoms with E-state index in [1.54, 1.807) is 0 Å². The molecule has 3 nitrogen and oxygen atoms in total. The predicted octanol–water partition coefficient (Wildman–Crippen LogP) is -0.266. The molecule has 0 aliphatic heterocycles. The average molecular weight is 116 g/mol. The normalized spacial score (nSPS) is 13.2. The van der Waals surface area contributed by atoms with E-state index in [2.05, 4.69) is 6.58 Å². The molecular formula is C5H12N2O. The smallest absolute Gasteiger partial charge is 0.102 e. The molecule has 0 saturated heterocycles. The topological polar surface area (TPSA) is 72.3 Å². The monoisotopic (exact) mass is 116 g/mol. The van der Waals surface area contributed by atoms with Gasteiger partial charge in [-0.25, -0.2) is 0 Å². The van der Waals surface area contributed by atoms with Gasteiger partial charge in [-0.2, -0.15) is 0 Å². The summed E-state index contributed by atoms with van der Waals surface area (Å²) in [5.41, 5.74) is 10.4. The van der Waals surface area contributed by atoms with Crippen LogP contribution in [-0.2, 0) is 0 Å². The standard InChI is InChI=1S/C5H12N2O/c1-4(8)5(7)2-3-6/h5,8H,1-3,6-7H2. The van der Waals surface area contributed by atoms with E-state index in [9.17, 15) is 0 Å². The van der Waals surface area contributed by atoms with Crippen LogP contribution in [0.15, 0.2) is 12.3 Å². The highest BCUT2D eigenvalue weighted by molar-refractivity contribution is 4.91. The van der Waals surface area contributed by atoms with Crippen molar-refractivity contribution in [2.45, 2.75) is 12.5 Å². The largest absolute Gasteiger partial charge is 0.511 e.